The van der Waals surface area contributed by atoms with Gasteiger partial charge in [0, 0.05) is 107 Å². The fourth-order valence-corrected chi connectivity index (χ4v) is 10.9. The number of aromatic nitrogens is 8. The van der Waals surface area contributed by atoms with Crippen molar-refractivity contribution in [2.24, 2.45) is 25.9 Å². The Morgan fingerprint density at radius 1 is 0.618 bits per heavy atom. The number of fused-ring (bicyclic) bond motifs is 6. The molecule has 4 bridgehead atoms. The molecular weight excluding hydrogens is 952 g/mol. The third-order valence-electron chi connectivity index (χ3n) is 14.2. The molecule has 1 N–H and O–H groups in total. The summed E-state index contributed by atoms with van der Waals surface area (Å²) in [4.78, 5) is 52.8. The van der Waals surface area contributed by atoms with Crippen LogP contribution in [0, 0.1) is 11.8 Å². The van der Waals surface area contributed by atoms with E-state index in [0.717, 1.165) is 146 Å². The average Bonchev–Trinajstić information content (AvgIpc) is 3.33. The van der Waals surface area contributed by atoms with E-state index in [1.54, 1.807) is 35.6 Å². The third-order valence-corrected chi connectivity index (χ3v) is 14.6. The number of anilines is 1. The largest absolute Gasteiger partial charge is 0.488 e. The standard InChI is InChI=1S/C25H29N5O3.C20H21BrN4O2.C5H9NO.ClH/c1-29-24(31)13-28-21-10-17(30-14-19-12-20(15-30)32-19)11-22(25(21)29)33-18-5-3-16(4-6-18)9-23-26-7-2-8-27-23;1-25-19(26)12-24-16-10-14(21)11-17(20(16)25)27-15-5-3-13(4-6-15)9-18-22-7-2-8-23-18;1-4-2-6-3-5(1)7-4;/h2,7-8,10-11,13,16,18-20H,3-6,9,12,14-15H2,1H3;2,7-8,10-13,15H,3-6,9H2,1H3;4-6H,1-3H2;1H. The molecule has 0 radical (unpaired) electrons. The summed E-state index contributed by atoms with van der Waals surface area (Å²) in [6, 6.07) is 11.7. The molecule has 2 aliphatic carbocycles. The highest BCUT2D eigenvalue weighted by molar-refractivity contribution is 9.10. The van der Waals surface area contributed by atoms with E-state index in [1.807, 2.05) is 36.7 Å². The van der Waals surface area contributed by atoms with Crippen LogP contribution >= 0.6 is 28.3 Å². The van der Waals surface area contributed by atoms with Gasteiger partial charge >= 0.3 is 0 Å². The second kappa shape index (κ2) is 21.7. The first-order valence-electron chi connectivity index (χ1n) is 23.9. The molecule has 360 valence electrons. The summed E-state index contributed by atoms with van der Waals surface area (Å²) in [5, 5.41) is 3.26. The summed E-state index contributed by atoms with van der Waals surface area (Å²) in [7, 11) is 3.55. The zero-order chi connectivity index (χ0) is 45.9. The third kappa shape index (κ3) is 11.3. The lowest BCUT2D eigenvalue weighted by Gasteiger charge is -2.48. The molecule has 18 heteroatoms. The number of aryl methyl sites for hydroxylation is 2. The molecule has 8 aliphatic rings. The van der Waals surface area contributed by atoms with Gasteiger partial charge in [-0.15, -0.1) is 12.4 Å². The van der Waals surface area contributed by atoms with E-state index in [2.05, 4.69) is 68.2 Å². The van der Waals surface area contributed by atoms with E-state index in [-0.39, 0.29) is 35.7 Å². The van der Waals surface area contributed by atoms with E-state index in [0.29, 0.717) is 42.0 Å². The molecule has 4 aromatic heterocycles. The minimum atomic E-state index is -0.138. The summed E-state index contributed by atoms with van der Waals surface area (Å²) >= 11 is 3.52. The van der Waals surface area contributed by atoms with Crippen LogP contribution in [0.3, 0.4) is 0 Å². The van der Waals surface area contributed by atoms with Gasteiger partial charge in [-0.3, -0.25) is 9.59 Å². The smallest absolute Gasteiger partial charge is 0.269 e. The number of nitrogens with zero attached hydrogens (tertiary/aromatic N) is 9. The average molecular weight is 1010 g/mol. The second-order valence-electron chi connectivity index (χ2n) is 18.9. The van der Waals surface area contributed by atoms with Crippen LogP contribution in [0.5, 0.6) is 11.5 Å². The Balaban J connectivity index is 0.000000148. The molecule has 68 heavy (non-hydrogen) atoms. The molecule has 4 unspecified atom stereocenters. The molecule has 2 aromatic carbocycles. The number of hydrogen-bond acceptors (Lipinski definition) is 14. The first kappa shape index (κ1) is 48.0. The molecule has 0 spiro atoms. The molecule has 10 heterocycles. The molecule has 14 rings (SSSR count). The van der Waals surface area contributed by atoms with Crippen molar-refractivity contribution in [3.63, 3.8) is 0 Å². The molecule has 6 saturated heterocycles. The van der Waals surface area contributed by atoms with Crippen LogP contribution in [0.25, 0.3) is 22.1 Å². The van der Waals surface area contributed by atoms with Crippen molar-refractivity contribution in [2.45, 2.75) is 114 Å². The van der Waals surface area contributed by atoms with Gasteiger partial charge in [-0.25, -0.2) is 29.9 Å². The van der Waals surface area contributed by atoms with Gasteiger partial charge in [-0.1, -0.05) is 15.9 Å². The molecular formula is C50H60BrClN10O6. The highest BCUT2D eigenvalue weighted by Crippen LogP contribution is 2.38. The number of morpholine rings is 2. The van der Waals surface area contributed by atoms with Gasteiger partial charge in [-0.05, 0) is 93.5 Å². The quantitative estimate of drug-likeness (QED) is 0.162. The van der Waals surface area contributed by atoms with Crippen LogP contribution < -0.4 is 30.8 Å². The maximum Gasteiger partial charge on any atom is 0.269 e. The second-order valence-corrected chi connectivity index (χ2v) is 19.9. The Morgan fingerprint density at radius 3 is 1.50 bits per heavy atom. The number of halogens is 2. The van der Waals surface area contributed by atoms with E-state index in [1.165, 1.54) is 18.8 Å². The number of hydrogen-bond donors (Lipinski definition) is 1. The van der Waals surface area contributed by atoms with Crippen LogP contribution in [-0.4, -0.2) is 102 Å². The predicted octanol–water partition coefficient (Wildman–Crippen LogP) is 6.72. The highest BCUT2D eigenvalue weighted by Gasteiger charge is 2.39. The lowest BCUT2D eigenvalue weighted by Crippen LogP contribution is -2.57. The van der Waals surface area contributed by atoms with E-state index in [9.17, 15) is 9.59 Å². The Morgan fingerprint density at radius 2 is 1.06 bits per heavy atom. The van der Waals surface area contributed by atoms with Crippen LogP contribution in [-0.2, 0) is 36.4 Å². The van der Waals surface area contributed by atoms with E-state index < -0.39 is 0 Å². The first-order chi connectivity index (χ1) is 32.7. The number of ether oxygens (including phenoxy) is 4. The van der Waals surface area contributed by atoms with Gasteiger partial charge in [0.05, 0.1) is 60.1 Å². The zero-order valence-electron chi connectivity index (χ0n) is 38.6. The summed E-state index contributed by atoms with van der Waals surface area (Å²) in [6.45, 7) is 3.94. The van der Waals surface area contributed by atoms with Crippen molar-refractivity contribution < 1.29 is 18.9 Å². The molecule has 8 fully saturated rings. The summed E-state index contributed by atoms with van der Waals surface area (Å²) in [6.07, 6.45) is 24.6. The maximum atomic E-state index is 12.3. The fraction of sp³-hybridized carbons (Fsp3) is 0.520. The Labute approximate surface area is 410 Å². The number of piperidine rings is 2. The first-order valence-corrected chi connectivity index (χ1v) is 24.7. The molecule has 2 saturated carbocycles. The van der Waals surface area contributed by atoms with Crippen molar-refractivity contribution in [2.75, 3.05) is 31.1 Å². The molecule has 6 aromatic rings. The van der Waals surface area contributed by atoms with Gasteiger partial charge in [0.1, 0.15) is 34.2 Å². The lowest BCUT2D eigenvalue weighted by atomic mass is 9.85. The fourth-order valence-electron chi connectivity index (χ4n) is 10.5. The van der Waals surface area contributed by atoms with Crippen LogP contribution in [0.2, 0.25) is 0 Å². The number of benzene rings is 2. The van der Waals surface area contributed by atoms with Gasteiger partial charge < -0.3 is 38.3 Å². The number of rotatable bonds is 9. The molecule has 0 amide bonds. The predicted molar refractivity (Wildman–Crippen MR) is 265 cm³/mol. The monoisotopic (exact) mass is 1010 g/mol. The van der Waals surface area contributed by atoms with Crippen LogP contribution in [0.4, 0.5) is 5.69 Å². The molecule has 4 atom stereocenters. The summed E-state index contributed by atoms with van der Waals surface area (Å²) in [5.74, 6) is 4.48. The normalized spacial score (nSPS) is 25.8. The molecule has 16 nitrogen and oxygen atoms in total. The summed E-state index contributed by atoms with van der Waals surface area (Å²) in [5.41, 5.74) is 3.88. The minimum absolute atomic E-state index is 0. The van der Waals surface area contributed by atoms with Crippen molar-refractivity contribution in [3.8, 4) is 11.5 Å². The van der Waals surface area contributed by atoms with Crippen molar-refractivity contribution in [3.05, 3.63) is 110 Å². The Bertz CT molecular complexity index is 2740. The molecule has 6 aliphatic heterocycles. The Hall–Kier alpha value is -5.07. The van der Waals surface area contributed by atoms with Crippen LogP contribution in [0.15, 0.2) is 87.6 Å². The van der Waals surface area contributed by atoms with Gasteiger partial charge in [0.2, 0.25) is 0 Å². The van der Waals surface area contributed by atoms with E-state index in [4.69, 9.17) is 18.9 Å². The zero-order valence-corrected chi connectivity index (χ0v) is 41.0. The van der Waals surface area contributed by atoms with Crippen LogP contribution in [0.1, 0.15) is 75.9 Å². The topological polar surface area (TPSA) is 174 Å². The van der Waals surface area contributed by atoms with Gasteiger partial charge in [0.15, 0.2) is 0 Å². The van der Waals surface area contributed by atoms with Crippen molar-refractivity contribution in [1.82, 2.24) is 44.4 Å². The van der Waals surface area contributed by atoms with Crippen molar-refractivity contribution in [1.29, 1.82) is 0 Å². The SMILES string of the molecule is C1NCC2CC1O2.Cl.Cn1c(=O)cnc2cc(Br)cc(OC3CCC(Cc4ncccn4)CC3)c21.Cn1c(=O)cnc2cc(N3CC4CC(C3)O4)cc(OC3CCC(Cc4ncccn4)CC3)c21. The minimum Gasteiger partial charge on any atom is -0.488 e. The number of nitrogens with one attached hydrogen (secondary N) is 1. The summed E-state index contributed by atoms with van der Waals surface area (Å²) < 4.78 is 28.2. The van der Waals surface area contributed by atoms with E-state index >= 15 is 0 Å². The lowest BCUT2D eigenvalue weighted by molar-refractivity contribution is -0.143. The maximum absolute atomic E-state index is 12.3. The van der Waals surface area contributed by atoms with Crippen molar-refractivity contribution >= 4 is 56.1 Å². The highest BCUT2D eigenvalue weighted by atomic mass is 79.9. The van der Waals surface area contributed by atoms with Gasteiger partial charge in [0.25, 0.3) is 11.1 Å². The Kier molecular flexibility index (Phi) is 15.3. The van der Waals surface area contributed by atoms with Gasteiger partial charge in [-0.2, -0.15) is 0 Å².